The molecule has 0 aliphatic carbocycles. The van der Waals surface area contributed by atoms with Crippen LogP contribution in [-0.4, -0.2) is 48.6 Å². The van der Waals surface area contributed by atoms with Crippen molar-refractivity contribution in [1.82, 2.24) is 0 Å². The number of carboxylic acids is 1. The molecule has 1 N–H and O–H groups in total. The third-order valence-corrected chi connectivity index (χ3v) is 4.75. The van der Waals surface area contributed by atoms with Gasteiger partial charge in [0.05, 0.1) is 30.4 Å². The number of fused-ring (bicyclic) bond motifs is 1. The molecule has 1 aromatic carbocycles. The highest BCUT2D eigenvalue weighted by Crippen LogP contribution is 2.41. The molecule has 0 radical (unpaired) electrons. The molecule has 2 saturated heterocycles. The third kappa shape index (κ3) is 3.16. The summed E-state index contributed by atoms with van der Waals surface area (Å²) in [6, 6.07) is 5.67. The van der Waals surface area contributed by atoms with Gasteiger partial charge in [-0.1, -0.05) is 20.8 Å². The van der Waals surface area contributed by atoms with Gasteiger partial charge >= 0.3 is 11.9 Å². The topological polar surface area (TPSA) is 82.1 Å². The highest BCUT2D eigenvalue weighted by atomic mass is 16.6. The minimum Gasteiger partial charge on any atom is -0.478 e. The van der Waals surface area contributed by atoms with Gasteiger partial charge < -0.3 is 19.3 Å². The summed E-state index contributed by atoms with van der Waals surface area (Å²) in [6.07, 6.45) is -0.734. The van der Waals surface area contributed by atoms with Gasteiger partial charge in [-0.2, -0.15) is 0 Å². The molecule has 2 fully saturated rings. The highest BCUT2D eigenvalue weighted by Gasteiger charge is 2.52. The summed E-state index contributed by atoms with van der Waals surface area (Å²) < 4.78 is 17.2. The Kier molecular flexibility index (Phi) is 4.36. The molecule has 2 aliphatic rings. The van der Waals surface area contributed by atoms with Crippen LogP contribution in [0.1, 0.15) is 41.5 Å². The van der Waals surface area contributed by atoms with E-state index < -0.39 is 18.0 Å². The van der Waals surface area contributed by atoms with Crippen molar-refractivity contribution in [1.29, 1.82) is 0 Å². The van der Waals surface area contributed by atoms with Crippen molar-refractivity contribution in [2.24, 2.45) is 11.3 Å². The molecule has 3 rings (SSSR count). The number of hydrogen-bond donors (Lipinski definition) is 1. The van der Waals surface area contributed by atoms with Crippen LogP contribution in [0.5, 0.6) is 0 Å². The summed E-state index contributed by atoms with van der Waals surface area (Å²) in [6.45, 7) is 7.36. The SMILES string of the molecule is CC(C)(C)C1COC2C(OC(=O)c3ccc(C(=O)O)cc3)COC21. The van der Waals surface area contributed by atoms with Crippen molar-refractivity contribution >= 4 is 11.9 Å². The van der Waals surface area contributed by atoms with E-state index in [9.17, 15) is 9.59 Å². The summed E-state index contributed by atoms with van der Waals surface area (Å²) >= 11 is 0. The molecule has 130 valence electrons. The van der Waals surface area contributed by atoms with E-state index >= 15 is 0 Å². The van der Waals surface area contributed by atoms with Gasteiger partial charge in [0.1, 0.15) is 6.10 Å². The molecule has 0 spiro atoms. The summed E-state index contributed by atoms with van der Waals surface area (Å²) in [5.41, 5.74) is 0.502. The molecule has 24 heavy (non-hydrogen) atoms. The molecule has 2 heterocycles. The number of benzene rings is 1. The van der Waals surface area contributed by atoms with E-state index in [1.165, 1.54) is 24.3 Å². The standard InChI is InChI=1S/C18H22O6/c1-18(2,3)12-8-22-15-13(9-23-14(12)15)24-17(21)11-6-4-10(5-7-11)16(19)20/h4-7,12-15H,8-9H2,1-3H3,(H,19,20). The van der Waals surface area contributed by atoms with Crippen molar-refractivity contribution in [3.05, 3.63) is 35.4 Å². The minimum absolute atomic E-state index is 0.0582. The molecule has 2 aliphatic heterocycles. The Morgan fingerprint density at radius 3 is 2.21 bits per heavy atom. The second-order valence-electron chi connectivity index (χ2n) is 7.39. The lowest BCUT2D eigenvalue weighted by Crippen LogP contribution is -2.36. The molecule has 4 atom stereocenters. The largest absolute Gasteiger partial charge is 0.478 e. The number of aromatic carboxylic acids is 1. The predicted octanol–water partition coefficient (Wildman–Crippen LogP) is 2.37. The van der Waals surface area contributed by atoms with Crippen LogP contribution < -0.4 is 0 Å². The first-order valence-corrected chi connectivity index (χ1v) is 8.05. The van der Waals surface area contributed by atoms with Crippen molar-refractivity contribution < 1.29 is 28.9 Å². The average Bonchev–Trinajstić information content (AvgIpc) is 3.09. The van der Waals surface area contributed by atoms with Gasteiger partial charge in [-0.25, -0.2) is 9.59 Å². The fourth-order valence-corrected chi connectivity index (χ4v) is 3.26. The number of carbonyl (C=O) groups is 2. The number of carboxylic acid groups (broad SMARTS) is 1. The quantitative estimate of drug-likeness (QED) is 0.855. The van der Waals surface area contributed by atoms with E-state index in [1.807, 2.05) is 0 Å². The van der Waals surface area contributed by atoms with E-state index in [1.54, 1.807) is 0 Å². The first-order valence-electron chi connectivity index (χ1n) is 8.05. The lowest BCUT2D eigenvalue weighted by molar-refractivity contribution is -0.0190. The maximum Gasteiger partial charge on any atom is 0.338 e. The van der Waals surface area contributed by atoms with Crippen LogP contribution in [0.15, 0.2) is 24.3 Å². The van der Waals surface area contributed by atoms with Gasteiger partial charge in [-0.15, -0.1) is 0 Å². The predicted molar refractivity (Wildman–Crippen MR) is 85.0 cm³/mol. The van der Waals surface area contributed by atoms with Crippen LogP contribution in [-0.2, 0) is 14.2 Å². The Morgan fingerprint density at radius 2 is 1.62 bits per heavy atom. The van der Waals surface area contributed by atoms with Gasteiger partial charge in [0, 0.05) is 5.92 Å². The van der Waals surface area contributed by atoms with Crippen LogP contribution in [0.3, 0.4) is 0 Å². The smallest absolute Gasteiger partial charge is 0.338 e. The van der Waals surface area contributed by atoms with Crippen molar-refractivity contribution in [3.63, 3.8) is 0 Å². The lowest BCUT2D eigenvalue weighted by atomic mass is 9.78. The zero-order valence-corrected chi connectivity index (χ0v) is 14.0. The normalized spacial score (nSPS) is 29.3. The summed E-state index contributed by atoms with van der Waals surface area (Å²) in [5, 5.41) is 8.89. The number of ether oxygens (including phenoxy) is 3. The van der Waals surface area contributed by atoms with Gasteiger partial charge in [-0.3, -0.25) is 0 Å². The lowest BCUT2D eigenvalue weighted by Gasteiger charge is -2.29. The second-order valence-corrected chi connectivity index (χ2v) is 7.39. The number of carbonyl (C=O) groups excluding carboxylic acids is 1. The van der Waals surface area contributed by atoms with Gasteiger partial charge in [0.2, 0.25) is 0 Å². The maximum absolute atomic E-state index is 12.3. The van der Waals surface area contributed by atoms with Crippen LogP contribution in [0.4, 0.5) is 0 Å². The average molecular weight is 334 g/mol. The van der Waals surface area contributed by atoms with Crippen molar-refractivity contribution in [3.8, 4) is 0 Å². The highest BCUT2D eigenvalue weighted by molar-refractivity contribution is 5.92. The molecule has 0 aromatic heterocycles. The summed E-state index contributed by atoms with van der Waals surface area (Å²) in [4.78, 5) is 23.1. The Morgan fingerprint density at radius 1 is 1.04 bits per heavy atom. The van der Waals surface area contributed by atoms with E-state index in [0.29, 0.717) is 18.8 Å². The molecule has 0 bridgehead atoms. The van der Waals surface area contributed by atoms with Gasteiger partial charge in [0.15, 0.2) is 6.10 Å². The van der Waals surface area contributed by atoms with Gasteiger partial charge in [0.25, 0.3) is 0 Å². The summed E-state index contributed by atoms with van der Waals surface area (Å²) in [5.74, 6) is -1.26. The molecular formula is C18H22O6. The van der Waals surface area contributed by atoms with Crippen LogP contribution in [0.2, 0.25) is 0 Å². The minimum atomic E-state index is -1.03. The molecule has 0 saturated carbocycles. The molecule has 1 aromatic rings. The first-order chi connectivity index (χ1) is 11.3. The van der Waals surface area contributed by atoms with Gasteiger partial charge in [-0.05, 0) is 29.7 Å². The van der Waals surface area contributed by atoms with E-state index in [-0.39, 0.29) is 29.1 Å². The Bertz CT molecular complexity index is 630. The molecule has 4 unspecified atom stereocenters. The Balaban J connectivity index is 1.65. The van der Waals surface area contributed by atoms with E-state index in [2.05, 4.69) is 20.8 Å². The fraction of sp³-hybridized carbons (Fsp3) is 0.556. The molecular weight excluding hydrogens is 312 g/mol. The first kappa shape index (κ1) is 16.9. The second kappa shape index (κ2) is 6.18. The molecule has 6 nitrogen and oxygen atoms in total. The maximum atomic E-state index is 12.3. The van der Waals surface area contributed by atoms with Crippen LogP contribution in [0.25, 0.3) is 0 Å². The Hall–Kier alpha value is -1.92. The summed E-state index contributed by atoms with van der Waals surface area (Å²) in [7, 11) is 0. The third-order valence-electron chi connectivity index (χ3n) is 4.75. The number of rotatable bonds is 3. The number of esters is 1. The Labute approximate surface area is 140 Å². The van der Waals surface area contributed by atoms with Crippen molar-refractivity contribution in [2.45, 2.75) is 39.1 Å². The van der Waals surface area contributed by atoms with Crippen molar-refractivity contribution in [2.75, 3.05) is 13.2 Å². The zero-order chi connectivity index (χ0) is 17.5. The van der Waals surface area contributed by atoms with Crippen LogP contribution in [0, 0.1) is 11.3 Å². The van der Waals surface area contributed by atoms with Crippen LogP contribution >= 0.6 is 0 Å². The molecule has 6 heteroatoms. The molecule has 0 amide bonds. The zero-order valence-electron chi connectivity index (χ0n) is 14.0. The van der Waals surface area contributed by atoms with E-state index in [4.69, 9.17) is 19.3 Å². The number of hydrogen-bond acceptors (Lipinski definition) is 5. The fourth-order valence-electron chi connectivity index (χ4n) is 3.26. The van der Waals surface area contributed by atoms with E-state index in [0.717, 1.165) is 0 Å². The monoisotopic (exact) mass is 334 g/mol.